The molecular formula is C21H20ClN3O2S. The highest BCUT2D eigenvalue weighted by molar-refractivity contribution is 7.17. The molecule has 5 nitrogen and oxygen atoms in total. The SMILES string of the molecule is CCC(=O)Nc1ccc(C)c(NC(=O)c2sc(-c3cccc(Cl)c3)nc2C)c1. The van der Waals surface area contributed by atoms with Crippen LogP contribution in [0.15, 0.2) is 42.5 Å². The van der Waals surface area contributed by atoms with E-state index in [1.807, 2.05) is 44.2 Å². The Hall–Kier alpha value is -2.70. The van der Waals surface area contributed by atoms with Gasteiger partial charge in [0.15, 0.2) is 0 Å². The van der Waals surface area contributed by atoms with Crippen molar-refractivity contribution in [3.05, 3.63) is 63.6 Å². The van der Waals surface area contributed by atoms with Crippen molar-refractivity contribution in [3.8, 4) is 10.6 Å². The Morgan fingerprint density at radius 3 is 2.61 bits per heavy atom. The van der Waals surface area contributed by atoms with Crippen LogP contribution in [0.25, 0.3) is 10.6 Å². The summed E-state index contributed by atoms with van der Waals surface area (Å²) in [5, 5.41) is 7.10. The van der Waals surface area contributed by atoms with Gasteiger partial charge in [0, 0.05) is 28.4 Å². The maximum absolute atomic E-state index is 12.8. The van der Waals surface area contributed by atoms with Crippen LogP contribution in [0.1, 0.15) is 34.3 Å². The van der Waals surface area contributed by atoms with E-state index in [0.717, 1.165) is 16.1 Å². The zero-order valence-corrected chi connectivity index (χ0v) is 17.4. The van der Waals surface area contributed by atoms with Gasteiger partial charge in [0.1, 0.15) is 9.88 Å². The summed E-state index contributed by atoms with van der Waals surface area (Å²) in [4.78, 5) is 29.5. The highest BCUT2D eigenvalue weighted by atomic mass is 35.5. The number of nitrogens with one attached hydrogen (secondary N) is 2. The van der Waals surface area contributed by atoms with Gasteiger partial charge >= 0.3 is 0 Å². The lowest BCUT2D eigenvalue weighted by atomic mass is 10.1. The summed E-state index contributed by atoms with van der Waals surface area (Å²) in [6.07, 6.45) is 0.391. The van der Waals surface area contributed by atoms with Gasteiger partial charge in [-0.3, -0.25) is 9.59 Å². The summed E-state index contributed by atoms with van der Waals surface area (Å²) in [6, 6.07) is 12.8. The van der Waals surface area contributed by atoms with E-state index in [1.54, 1.807) is 19.1 Å². The molecule has 144 valence electrons. The van der Waals surface area contributed by atoms with Gasteiger partial charge in [-0.25, -0.2) is 4.98 Å². The molecule has 0 aliphatic heterocycles. The average molecular weight is 414 g/mol. The molecule has 0 spiro atoms. The van der Waals surface area contributed by atoms with Crippen LogP contribution in [0.5, 0.6) is 0 Å². The fourth-order valence-corrected chi connectivity index (χ4v) is 3.76. The summed E-state index contributed by atoms with van der Waals surface area (Å²) >= 11 is 7.38. The maximum Gasteiger partial charge on any atom is 0.267 e. The fourth-order valence-electron chi connectivity index (χ4n) is 2.61. The molecule has 0 saturated carbocycles. The van der Waals surface area contributed by atoms with Gasteiger partial charge in [0.05, 0.1) is 5.69 Å². The largest absolute Gasteiger partial charge is 0.326 e. The molecule has 1 aromatic heterocycles. The highest BCUT2D eigenvalue weighted by Gasteiger charge is 2.17. The third-order valence-corrected chi connectivity index (χ3v) is 5.61. The van der Waals surface area contributed by atoms with Gasteiger partial charge in [-0.2, -0.15) is 0 Å². The molecule has 0 saturated heterocycles. The normalized spacial score (nSPS) is 10.6. The molecule has 1 heterocycles. The van der Waals surface area contributed by atoms with E-state index >= 15 is 0 Å². The number of amides is 2. The molecule has 28 heavy (non-hydrogen) atoms. The lowest BCUT2D eigenvalue weighted by molar-refractivity contribution is -0.115. The van der Waals surface area contributed by atoms with Gasteiger partial charge in [0.2, 0.25) is 5.91 Å². The van der Waals surface area contributed by atoms with E-state index < -0.39 is 0 Å². The molecule has 0 aliphatic rings. The third kappa shape index (κ3) is 4.58. The monoisotopic (exact) mass is 413 g/mol. The van der Waals surface area contributed by atoms with E-state index in [-0.39, 0.29) is 11.8 Å². The number of halogens is 1. The maximum atomic E-state index is 12.8. The minimum atomic E-state index is -0.231. The molecule has 0 bridgehead atoms. The van der Waals surface area contributed by atoms with E-state index in [1.165, 1.54) is 11.3 Å². The number of benzene rings is 2. The van der Waals surface area contributed by atoms with Crippen LogP contribution in [0.3, 0.4) is 0 Å². The number of nitrogens with zero attached hydrogens (tertiary/aromatic N) is 1. The molecule has 0 atom stereocenters. The number of aromatic nitrogens is 1. The van der Waals surface area contributed by atoms with Crippen molar-refractivity contribution in [1.29, 1.82) is 0 Å². The van der Waals surface area contributed by atoms with Gasteiger partial charge < -0.3 is 10.6 Å². The zero-order valence-electron chi connectivity index (χ0n) is 15.8. The summed E-state index contributed by atoms with van der Waals surface area (Å²) in [7, 11) is 0. The van der Waals surface area contributed by atoms with Crippen LogP contribution in [0, 0.1) is 13.8 Å². The van der Waals surface area contributed by atoms with Crippen molar-refractivity contribution in [2.24, 2.45) is 0 Å². The summed E-state index contributed by atoms with van der Waals surface area (Å²) < 4.78 is 0. The predicted octanol–water partition coefficient (Wildman–Crippen LogP) is 5.68. The zero-order chi connectivity index (χ0) is 20.3. The molecule has 3 aromatic rings. The number of thiazole rings is 1. The van der Waals surface area contributed by atoms with Gasteiger partial charge in [-0.15, -0.1) is 11.3 Å². The third-order valence-electron chi connectivity index (χ3n) is 4.17. The van der Waals surface area contributed by atoms with Crippen LogP contribution >= 0.6 is 22.9 Å². The molecule has 2 N–H and O–H groups in total. The van der Waals surface area contributed by atoms with Crippen LogP contribution in [-0.2, 0) is 4.79 Å². The Morgan fingerprint density at radius 2 is 1.89 bits per heavy atom. The van der Waals surface area contributed by atoms with Gasteiger partial charge in [0.25, 0.3) is 5.91 Å². The minimum absolute atomic E-state index is 0.0782. The van der Waals surface area contributed by atoms with Crippen molar-refractivity contribution in [2.45, 2.75) is 27.2 Å². The first-order chi connectivity index (χ1) is 13.4. The number of rotatable bonds is 5. The predicted molar refractivity (Wildman–Crippen MR) is 115 cm³/mol. The highest BCUT2D eigenvalue weighted by Crippen LogP contribution is 2.30. The van der Waals surface area contributed by atoms with Crippen LogP contribution in [-0.4, -0.2) is 16.8 Å². The number of carbonyl (C=O) groups is 2. The first kappa shape index (κ1) is 20.0. The molecule has 2 amide bonds. The van der Waals surface area contributed by atoms with Crippen LogP contribution in [0.2, 0.25) is 5.02 Å². The van der Waals surface area contributed by atoms with Crippen molar-refractivity contribution < 1.29 is 9.59 Å². The van der Waals surface area contributed by atoms with Crippen molar-refractivity contribution in [3.63, 3.8) is 0 Å². The van der Waals surface area contributed by atoms with Crippen molar-refractivity contribution in [1.82, 2.24) is 4.98 Å². The van der Waals surface area contributed by atoms with E-state index in [0.29, 0.717) is 33.4 Å². The number of aryl methyl sites for hydroxylation is 2. The Morgan fingerprint density at radius 1 is 1.11 bits per heavy atom. The number of hydrogen-bond donors (Lipinski definition) is 2. The molecule has 0 unspecified atom stereocenters. The summed E-state index contributed by atoms with van der Waals surface area (Å²) in [5.74, 6) is -0.309. The lowest BCUT2D eigenvalue weighted by Gasteiger charge is -2.11. The summed E-state index contributed by atoms with van der Waals surface area (Å²) in [5.41, 5.74) is 3.73. The quantitative estimate of drug-likeness (QED) is 0.565. The first-order valence-electron chi connectivity index (χ1n) is 8.82. The fraction of sp³-hybridized carbons (Fsp3) is 0.190. The standard InChI is InChI=1S/C21H20ClN3O2S/c1-4-18(26)24-16-9-8-12(2)17(11-16)25-20(27)19-13(3)23-21(28-19)14-6-5-7-15(22)10-14/h5-11H,4H2,1-3H3,(H,24,26)(H,25,27). The first-order valence-corrected chi connectivity index (χ1v) is 10.0. The molecule has 0 fully saturated rings. The van der Waals surface area contributed by atoms with Gasteiger partial charge in [-0.05, 0) is 43.7 Å². The van der Waals surface area contributed by atoms with E-state index in [9.17, 15) is 9.59 Å². The average Bonchev–Trinajstić information content (AvgIpc) is 3.06. The summed E-state index contributed by atoms with van der Waals surface area (Å²) in [6.45, 7) is 5.50. The molecular weight excluding hydrogens is 394 g/mol. The Bertz CT molecular complexity index is 1050. The van der Waals surface area contributed by atoms with Crippen LogP contribution in [0.4, 0.5) is 11.4 Å². The molecule has 2 aromatic carbocycles. The Balaban J connectivity index is 1.84. The molecule has 7 heteroatoms. The van der Waals surface area contributed by atoms with Crippen LogP contribution < -0.4 is 10.6 Å². The van der Waals surface area contributed by atoms with Crippen molar-refractivity contribution in [2.75, 3.05) is 10.6 Å². The number of anilines is 2. The van der Waals surface area contributed by atoms with Gasteiger partial charge in [-0.1, -0.05) is 36.7 Å². The van der Waals surface area contributed by atoms with E-state index in [2.05, 4.69) is 15.6 Å². The minimum Gasteiger partial charge on any atom is -0.326 e. The smallest absolute Gasteiger partial charge is 0.267 e. The number of hydrogen-bond acceptors (Lipinski definition) is 4. The second-order valence-corrected chi connectivity index (χ2v) is 7.76. The molecule has 0 radical (unpaired) electrons. The lowest BCUT2D eigenvalue weighted by Crippen LogP contribution is -2.14. The molecule has 3 rings (SSSR count). The topological polar surface area (TPSA) is 71.1 Å². The van der Waals surface area contributed by atoms with Crippen molar-refractivity contribution >= 4 is 46.1 Å². The number of carbonyl (C=O) groups excluding carboxylic acids is 2. The Labute approximate surface area is 172 Å². The second kappa shape index (κ2) is 8.54. The molecule has 0 aliphatic carbocycles. The Kier molecular flexibility index (Phi) is 6.11. The second-order valence-electron chi connectivity index (χ2n) is 6.33. The van der Waals surface area contributed by atoms with E-state index in [4.69, 9.17) is 11.6 Å².